The first kappa shape index (κ1) is 15.5. The molecule has 4 rings (SSSR count). The molecule has 1 aliphatic rings. The molecule has 0 amide bonds. The van der Waals surface area contributed by atoms with E-state index >= 15 is 0 Å². The first-order chi connectivity index (χ1) is 11.7. The second kappa shape index (κ2) is 6.49. The minimum atomic E-state index is 0.674. The van der Waals surface area contributed by atoms with Crippen LogP contribution in [-0.4, -0.2) is 51.7 Å². The van der Waals surface area contributed by atoms with E-state index in [-0.39, 0.29) is 0 Å². The summed E-state index contributed by atoms with van der Waals surface area (Å²) in [6.07, 6.45) is 4.65. The molecule has 3 aromatic rings. The van der Waals surface area contributed by atoms with Gasteiger partial charge in [0.2, 0.25) is 0 Å². The number of H-pyrrole nitrogens is 1. The predicted octanol–water partition coefficient (Wildman–Crippen LogP) is 2.68. The average molecular weight is 342 g/mol. The molecule has 0 spiro atoms. The van der Waals surface area contributed by atoms with Crippen LogP contribution in [0.3, 0.4) is 0 Å². The minimum Gasteiger partial charge on any atom is -0.359 e. The highest BCUT2D eigenvalue weighted by Gasteiger charge is 2.24. The highest BCUT2D eigenvalue weighted by atomic mass is 32.1. The topological polar surface area (TPSA) is 60.9 Å². The Balaban J connectivity index is 1.38. The molecular formula is C17H22N6S. The molecule has 0 radical (unpaired) electrons. The van der Waals surface area contributed by atoms with Crippen LogP contribution in [-0.2, 0) is 6.54 Å². The lowest BCUT2D eigenvalue weighted by Crippen LogP contribution is -2.28. The maximum Gasteiger partial charge on any atom is 0.160 e. The zero-order chi connectivity index (χ0) is 16.5. The number of aryl methyl sites for hydroxylation is 1. The summed E-state index contributed by atoms with van der Waals surface area (Å²) in [5.41, 5.74) is 0.799. The fourth-order valence-corrected chi connectivity index (χ4v) is 4.46. The van der Waals surface area contributed by atoms with Crippen LogP contribution < -0.4 is 4.90 Å². The van der Waals surface area contributed by atoms with Gasteiger partial charge in [-0.25, -0.2) is 9.97 Å². The Hall–Kier alpha value is -1.99. The maximum absolute atomic E-state index is 4.45. The molecule has 0 saturated carbocycles. The van der Waals surface area contributed by atoms with Gasteiger partial charge in [0.15, 0.2) is 5.65 Å². The van der Waals surface area contributed by atoms with Gasteiger partial charge in [-0.1, -0.05) is 0 Å². The van der Waals surface area contributed by atoms with Crippen LogP contribution in [0.4, 0.5) is 5.82 Å². The lowest BCUT2D eigenvalue weighted by atomic mass is 10.1. The van der Waals surface area contributed by atoms with Gasteiger partial charge in [-0.3, -0.25) is 10.00 Å². The number of nitrogens with zero attached hydrogens (tertiary/aromatic N) is 5. The Morgan fingerprint density at radius 3 is 3.12 bits per heavy atom. The Kier molecular flexibility index (Phi) is 4.20. The van der Waals surface area contributed by atoms with E-state index in [1.54, 1.807) is 12.5 Å². The highest BCUT2D eigenvalue weighted by Crippen LogP contribution is 2.25. The standard InChI is InChI=1S/C17H22N6S/c1-12-3-4-14(24-12)10-23-6-5-13(9-23)8-22(2)17-15-7-20-21-16(15)18-11-19-17/h3-4,7,11,13H,5-6,8-10H2,1-2H3,(H,18,19,20,21). The number of rotatable bonds is 5. The molecule has 0 aromatic carbocycles. The summed E-state index contributed by atoms with van der Waals surface area (Å²) in [5.74, 6) is 1.63. The van der Waals surface area contributed by atoms with Gasteiger partial charge >= 0.3 is 0 Å². The Morgan fingerprint density at radius 1 is 1.38 bits per heavy atom. The number of anilines is 1. The van der Waals surface area contributed by atoms with Crippen LogP contribution >= 0.6 is 11.3 Å². The molecule has 3 aromatic heterocycles. The fourth-order valence-electron chi connectivity index (χ4n) is 3.53. The lowest BCUT2D eigenvalue weighted by Gasteiger charge is -2.22. The van der Waals surface area contributed by atoms with Crippen LogP contribution in [0.15, 0.2) is 24.7 Å². The molecule has 1 N–H and O–H groups in total. The van der Waals surface area contributed by atoms with Crippen molar-refractivity contribution < 1.29 is 0 Å². The van der Waals surface area contributed by atoms with Crippen LogP contribution in [0, 0.1) is 12.8 Å². The van der Waals surface area contributed by atoms with E-state index in [2.05, 4.69) is 56.1 Å². The van der Waals surface area contributed by atoms with Crippen molar-refractivity contribution >= 4 is 28.2 Å². The largest absolute Gasteiger partial charge is 0.359 e. The van der Waals surface area contributed by atoms with E-state index in [0.29, 0.717) is 5.92 Å². The number of nitrogens with one attached hydrogen (secondary N) is 1. The van der Waals surface area contributed by atoms with Crippen LogP contribution in [0.5, 0.6) is 0 Å². The molecule has 126 valence electrons. The third kappa shape index (κ3) is 3.14. The summed E-state index contributed by atoms with van der Waals surface area (Å²) in [7, 11) is 2.11. The third-order valence-electron chi connectivity index (χ3n) is 4.67. The molecular weight excluding hydrogens is 320 g/mol. The van der Waals surface area contributed by atoms with E-state index in [9.17, 15) is 0 Å². The van der Waals surface area contributed by atoms with Gasteiger partial charge in [-0.2, -0.15) is 5.10 Å². The van der Waals surface area contributed by atoms with Gasteiger partial charge in [-0.15, -0.1) is 11.3 Å². The number of thiophene rings is 1. The maximum atomic E-state index is 4.45. The van der Waals surface area contributed by atoms with Crippen LogP contribution in [0.2, 0.25) is 0 Å². The molecule has 1 atom stereocenters. The van der Waals surface area contributed by atoms with Crippen molar-refractivity contribution in [3.8, 4) is 0 Å². The van der Waals surface area contributed by atoms with Crippen LogP contribution in [0.25, 0.3) is 11.0 Å². The number of hydrogen-bond acceptors (Lipinski definition) is 6. The van der Waals surface area contributed by atoms with Crippen molar-refractivity contribution in [1.82, 2.24) is 25.1 Å². The first-order valence-corrected chi connectivity index (χ1v) is 9.13. The third-order valence-corrected chi connectivity index (χ3v) is 5.65. The van der Waals surface area contributed by atoms with E-state index in [0.717, 1.165) is 36.5 Å². The number of aromatic nitrogens is 4. The number of hydrogen-bond donors (Lipinski definition) is 1. The smallest absolute Gasteiger partial charge is 0.160 e. The van der Waals surface area contributed by atoms with Crippen molar-refractivity contribution in [2.45, 2.75) is 19.9 Å². The zero-order valence-corrected chi connectivity index (χ0v) is 14.9. The van der Waals surface area contributed by atoms with Crippen molar-refractivity contribution in [3.05, 3.63) is 34.4 Å². The molecule has 6 nitrogen and oxygen atoms in total. The highest BCUT2D eigenvalue weighted by molar-refractivity contribution is 7.11. The quantitative estimate of drug-likeness (QED) is 0.772. The monoisotopic (exact) mass is 342 g/mol. The van der Waals surface area contributed by atoms with Gasteiger partial charge in [0.05, 0.1) is 11.6 Å². The Bertz CT molecular complexity index is 825. The number of likely N-dealkylation sites (tertiary alicyclic amines) is 1. The van der Waals surface area contributed by atoms with Crippen molar-refractivity contribution in [2.75, 3.05) is 31.6 Å². The van der Waals surface area contributed by atoms with E-state index in [1.165, 1.54) is 22.7 Å². The second-order valence-electron chi connectivity index (χ2n) is 6.61. The summed E-state index contributed by atoms with van der Waals surface area (Å²) in [4.78, 5) is 16.3. The molecule has 1 saturated heterocycles. The summed E-state index contributed by atoms with van der Waals surface area (Å²) in [5, 5.41) is 7.98. The number of fused-ring (bicyclic) bond motifs is 1. The van der Waals surface area contributed by atoms with Gasteiger partial charge < -0.3 is 4.90 Å². The molecule has 0 bridgehead atoms. The molecule has 1 fully saturated rings. The van der Waals surface area contributed by atoms with Gasteiger partial charge in [0.25, 0.3) is 0 Å². The molecule has 1 unspecified atom stereocenters. The summed E-state index contributed by atoms with van der Waals surface area (Å²) >= 11 is 1.91. The van der Waals surface area contributed by atoms with E-state index in [4.69, 9.17) is 0 Å². The predicted molar refractivity (Wildman–Crippen MR) is 97.4 cm³/mol. The van der Waals surface area contributed by atoms with Gasteiger partial charge in [0.1, 0.15) is 12.1 Å². The molecule has 4 heterocycles. The molecule has 7 heteroatoms. The Morgan fingerprint density at radius 2 is 2.29 bits per heavy atom. The lowest BCUT2D eigenvalue weighted by molar-refractivity contribution is 0.320. The minimum absolute atomic E-state index is 0.674. The first-order valence-electron chi connectivity index (χ1n) is 8.32. The Labute approximate surface area is 145 Å². The van der Waals surface area contributed by atoms with Crippen molar-refractivity contribution in [3.63, 3.8) is 0 Å². The van der Waals surface area contributed by atoms with Crippen molar-refractivity contribution in [1.29, 1.82) is 0 Å². The van der Waals surface area contributed by atoms with Crippen LogP contribution in [0.1, 0.15) is 16.2 Å². The molecule has 24 heavy (non-hydrogen) atoms. The summed E-state index contributed by atoms with van der Waals surface area (Å²) in [6, 6.07) is 4.47. The van der Waals surface area contributed by atoms with Crippen molar-refractivity contribution in [2.24, 2.45) is 5.92 Å². The average Bonchev–Trinajstić information content (AvgIpc) is 3.28. The second-order valence-corrected chi connectivity index (χ2v) is 7.98. The zero-order valence-electron chi connectivity index (χ0n) is 14.1. The molecule has 0 aliphatic carbocycles. The summed E-state index contributed by atoms with van der Waals surface area (Å²) < 4.78 is 0. The van der Waals surface area contributed by atoms with E-state index in [1.807, 2.05) is 11.3 Å². The molecule has 1 aliphatic heterocycles. The normalized spacial score (nSPS) is 18.5. The van der Waals surface area contributed by atoms with Gasteiger partial charge in [-0.05, 0) is 37.9 Å². The van der Waals surface area contributed by atoms with Gasteiger partial charge in [0, 0.05) is 36.4 Å². The summed E-state index contributed by atoms with van der Waals surface area (Å²) in [6.45, 7) is 6.60. The fraction of sp³-hybridized carbons (Fsp3) is 0.471. The number of aromatic amines is 1. The van der Waals surface area contributed by atoms with E-state index < -0.39 is 0 Å². The SMILES string of the molecule is Cc1ccc(CN2CCC(CN(C)c3ncnc4[nH]ncc34)C2)s1.